The number of ether oxygens (including phenoxy) is 1. The Morgan fingerprint density at radius 2 is 2.00 bits per heavy atom. The Bertz CT molecular complexity index is 218. The van der Waals surface area contributed by atoms with E-state index >= 15 is 0 Å². The zero-order chi connectivity index (χ0) is 10.7. The van der Waals surface area contributed by atoms with Gasteiger partial charge in [-0.3, -0.25) is 4.79 Å². The number of methoxy groups -OCH3 is 1. The van der Waals surface area contributed by atoms with Gasteiger partial charge in [-0.2, -0.15) is 0 Å². The molecule has 2 rings (SSSR count). The third-order valence-electron chi connectivity index (χ3n) is 3.78. The number of piperidine rings is 1. The molecule has 2 atom stereocenters. The van der Waals surface area contributed by atoms with E-state index < -0.39 is 0 Å². The third-order valence-corrected chi connectivity index (χ3v) is 3.78. The number of carbonyl (C=O) groups excluding carboxylic acids is 1. The van der Waals surface area contributed by atoms with E-state index in [0.29, 0.717) is 6.42 Å². The lowest BCUT2D eigenvalue weighted by Gasteiger charge is -2.41. The molecule has 0 spiro atoms. The van der Waals surface area contributed by atoms with E-state index in [2.05, 4.69) is 9.64 Å². The first kappa shape index (κ1) is 10.9. The summed E-state index contributed by atoms with van der Waals surface area (Å²) in [5, 5.41) is 0. The maximum Gasteiger partial charge on any atom is 0.306 e. The number of hydrogen-bond acceptors (Lipinski definition) is 3. The van der Waals surface area contributed by atoms with E-state index in [-0.39, 0.29) is 5.97 Å². The zero-order valence-corrected chi connectivity index (χ0v) is 9.58. The van der Waals surface area contributed by atoms with Crippen molar-refractivity contribution < 1.29 is 9.53 Å². The van der Waals surface area contributed by atoms with Gasteiger partial charge in [0.25, 0.3) is 0 Å². The molecular weight excluding hydrogens is 190 g/mol. The molecule has 3 nitrogen and oxygen atoms in total. The van der Waals surface area contributed by atoms with Crippen LogP contribution < -0.4 is 0 Å². The fourth-order valence-corrected chi connectivity index (χ4v) is 3.07. The van der Waals surface area contributed by atoms with Gasteiger partial charge >= 0.3 is 5.97 Å². The monoisotopic (exact) mass is 211 g/mol. The molecule has 0 aromatic heterocycles. The largest absolute Gasteiger partial charge is 0.469 e. The van der Waals surface area contributed by atoms with Gasteiger partial charge < -0.3 is 9.64 Å². The van der Waals surface area contributed by atoms with Crippen LogP contribution in [0, 0.1) is 11.8 Å². The summed E-state index contributed by atoms with van der Waals surface area (Å²) < 4.78 is 4.67. The lowest BCUT2D eigenvalue weighted by Crippen LogP contribution is -2.43. The van der Waals surface area contributed by atoms with Gasteiger partial charge in [-0.05, 0) is 31.1 Å². The number of rotatable bonds is 3. The SMILES string of the molecule is COC(=O)CCN1C[C@@H]2CCC[C@H](C2)C1. The Hall–Kier alpha value is -0.570. The van der Waals surface area contributed by atoms with E-state index in [9.17, 15) is 4.79 Å². The Morgan fingerprint density at radius 3 is 2.60 bits per heavy atom. The first-order chi connectivity index (χ1) is 7.28. The predicted octanol–water partition coefficient (Wildman–Crippen LogP) is 1.67. The van der Waals surface area contributed by atoms with Crippen LogP contribution in [-0.4, -0.2) is 37.6 Å². The molecule has 86 valence electrons. The van der Waals surface area contributed by atoms with E-state index in [1.165, 1.54) is 45.9 Å². The first-order valence-electron chi connectivity index (χ1n) is 6.07. The molecule has 15 heavy (non-hydrogen) atoms. The Morgan fingerprint density at radius 1 is 1.33 bits per heavy atom. The van der Waals surface area contributed by atoms with Crippen LogP contribution >= 0.6 is 0 Å². The molecule has 1 saturated heterocycles. The van der Waals surface area contributed by atoms with Crippen LogP contribution in [0.3, 0.4) is 0 Å². The minimum absolute atomic E-state index is 0.0780. The molecule has 1 aliphatic carbocycles. The van der Waals surface area contributed by atoms with E-state index in [4.69, 9.17) is 0 Å². The van der Waals surface area contributed by atoms with Crippen molar-refractivity contribution in [1.82, 2.24) is 4.90 Å². The quantitative estimate of drug-likeness (QED) is 0.665. The molecule has 0 amide bonds. The lowest BCUT2D eigenvalue weighted by atomic mass is 9.78. The molecule has 2 fully saturated rings. The highest BCUT2D eigenvalue weighted by Gasteiger charge is 2.30. The van der Waals surface area contributed by atoms with Crippen molar-refractivity contribution in [2.45, 2.75) is 32.1 Å². The molecule has 3 heteroatoms. The summed E-state index contributed by atoms with van der Waals surface area (Å²) in [6, 6.07) is 0. The van der Waals surface area contributed by atoms with Gasteiger partial charge in [0, 0.05) is 19.6 Å². The maximum atomic E-state index is 11.1. The molecule has 0 aromatic rings. The summed E-state index contributed by atoms with van der Waals surface area (Å²) >= 11 is 0. The summed E-state index contributed by atoms with van der Waals surface area (Å²) in [7, 11) is 1.47. The van der Waals surface area contributed by atoms with Crippen molar-refractivity contribution in [2.75, 3.05) is 26.7 Å². The third kappa shape index (κ3) is 2.94. The van der Waals surface area contributed by atoms with Crippen molar-refractivity contribution in [3.63, 3.8) is 0 Å². The van der Waals surface area contributed by atoms with Gasteiger partial charge in [-0.25, -0.2) is 0 Å². The molecule has 0 radical (unpaired) electrons. The molecule has 0 unspecified atom stereocenters. The second kappa shape index (κ2) is 4.97. The van der Waals surface area contributed by atoms with Gasteiger partial charge in [-0.15, -0.1) is 0 Å². The van der Waals surface area contributed by atoms with Crippen molar-refractivity contribution in [3.05, 3.63) is 0 Å². The number of carbonyl (C=O) groups is 1. The Kier molecular flexibility index (Phi) is 3.62. The average Bonchev–Trinajstić information content (AvgIpc) is 2.25. The number of nitrogens with zero attached hydrogens (tertiary/aromatic N) is 1. The van der Waals surface area contributed by atoms with Gasteiger partial charge in [0.1, 0.15) is 0 Å². The zero-order valence-electron chi connectivity index (χ0n) is 9.58. The van der Waals surface area contributed by atoms with Gasteiger partial charge in [0.05, 0.1) is 13.5 Å². The highest BCUT2D eigenvalue weighted by Crippen LogP contribution is 2.34. The Balaban J connectivity index is 1.76. The van der Waals surface area contributed by atoms with E-state index in [1.54, 1.807) is 0 Å². The lowest BCUT2D eigenvalue weighted by molar-refractivity contribution is -0.141. The Labute approximate surface area is 91.8 Å². The highest BCUT2D eigenvalue weighted by molar-refractivity contribution is 5.69. The fraction of sp³-hybridized carbons (Fsp3) is 0.917. The normalized spacial score (nSPS) is 31.3. The van der Waals surface area contributed by atoms with E-state index in [1.807, 2.05) is 0 Å². The van der Waals surface area contributed by atoms with Crippen LogP contribution in [0.2, 0.25) is 0 Å². The number of likely N-dealkylation sites (tertiary alicyclic amines) is 1. The van der Waals surface area contributed by atoms with Crippen molar-refractivity contribution in [3.8, 4) is 0 Å². The van der Waals surface area contributed by atoms with E-state index in [0.717, 1.165) is 18.4 Å². The maximum absolute atomic E-state index is 11.1. The smallest absolute Gasteiger partial charge is 0.306 e. The molecule has 1 heterocycles. The summed E-state index contributed by atoms with van der Waals surface area (Å²) in [5.41, 5.74) is 0. The van der Waals surface area contributed by atoms with Crippen LogP contribution in [0.25, 0.3) is 0 Å². The summed E-state index contributed by atoms with van der Waals surface area (Å²) in [5.74, 6) is 1.72. The second-order valence-corrected chi connectivity index (χ2v) is 4.98. The molecule has 0 N–H and O–H groups in total. The van der Waals surface area contributed by atoms with Crippen molar-refractivity contribution >= 4 is 5.97 Å². The molecule has 0 aromatic carbocycles. The molecule has 1 aliphatic heterocycles. The fourth-order valence-electron chi connectivity index (χ4n) is 3.07. The molecular formula is C12H21NO2. The van der Waals surface area contributed by atoms with Gasteiger partial charge in [0.2, 0.25) is 0 Å². The minimum atomic E-state index is -0.0780. The van der Waals surface area contributed by atoms with Crippen LogP contribution in [0.1, 0.15) is 32.1 Å². The first-order valence-corrected chi connectivity index (χ1v) is 6.07. The van der Waals surface area contributed by atoms with Crippen LogP contribution in [-0.2, 0) is 9.53 Å². The van der Waals surface area contributed by atoms with Gasteiger partial charge in [-0.1, -0.05) is 6.42 Å². The molecule has 2 aliphatic rings. The van der Waals surface area contributed by atoms with Crippen LogP contribution in [0.4, 0.5) is 0 Å². The molecule has 2 bridgehead atoms. The number of esters is 1. The predicted molar refractivity (Wildman–Crippen MR) is 58.5 cm³/mol. The van der Waals surface area contributed by atoms with Crippen molar-refractivity contribution in [1.29, 1.82) is 0 Å². The minimum Gasteiger partial charge on any atom is -0.469 e. The standard InChI is InChI=1S/C12H21NO2/c1-15-12(14)5-6-13-8-10-3-2-4-11(7-10)9-13/h10-11H,2-9H2,1H3/t10-,11-/m1/s1. The summed E-state index contributed by atoms with van der Waals surface area (Å²) in [4.78, 5) is 13.5. The number of hydrogen-bond donors (Lipinski definition) is 0. The summed E-state index contributed by atoms with van der Waals surface area (Å²) in [6.45, 7) is 3.29. The number of fused-ring (bicyclic) bond motifs is 2. The summed E-state index contributed by atoms with van der Waals surface area (Å²) in [6.07, 6.45) is 6.18. The topological polar surface area (TPSA) is 29.5 Å². The van der Waals surface area contributed by atoms with Crippen molar-refractivity contribution in [2.24, 2.45) is 11.8 Å². The average molecular weight is 211 g/mol. The molecule has 1 saturated carbocycles. The van der Waals surface area contributed by atoms with Crippen LogP contribution in [0.15, 0.2) is 0 Å². The van der Waals surface area contributed by atoms with Gasteiger partial charge in [0.15, 0.2) is 0 Å². The van der Waals surface area contributed by atoms with Crippen LogP contribution in [0.5, 0.6) is 0 Å². The highest BCUT2D eigenvalue weighted by atomic mass is 16.5. The second-order valence-electron chi connectivity index (χ2n) is 4.98.